The Labute approximate surface area is 182 Å². The molecule has 10 heteroatoms. The molecular formula is C20H20N2O5S3. The van der Waals surface area contributed by atoms with Gasteiger partial charge in [-0.3, -0.25) is 9.59 Å². The zero-order valence-corrected chi connectivity index (χ0v) is 19.1. The molecule has 1 heterocycles. The van der Waals surface area contributed by atoms with Crippen LogP contribution in [0.1, 0.15) is 17.3 Å². The lowest BCUT2D eigenvalue weighted by Gasteiger charge is -2.05. The standard InChI is InChI=1S/C20H20N2O5S3/c1-4-28-16-8-6-5-7-14(16)19(24)21-20-22(12-18(23)27-2)15-10-9-13(30(3,25)26)11-17(15)29-20/h5-11H,4,12H2,1-3H3. The number of thiazole rings is 1. The lowest BCUT2D eigenvalue weighted by molar-refractivity contribution is -0.141. The molecule has 0 saturated heterocycles. The van der Waals surface area contributed by atoms with E-state index in [2.05, 4.69) is 4.99 Å². The zero-order chi connectivity index (χ0) is 21.9. The van der Waals surface area contributed by atoms with Crippen LogP contribution in [0.25, 0.3) is 10.2 Å². The lowest BCUT2D eigenvalue weighted by Crippen LogP contribution is -2.22. The smallest absolute Gasteiger partial charge is 0.325 e. The maximum atomic E-state index is 12.9. The quantitative estimate of drug-likeness (QED) is 0.411. The van der Waals surface area contributed by atoms with Crippen LogP contribution in [0.15, 0.2) is 57.2 Å². The molecule has 3 rings (SSSR count). The molecule has 0 aliphatic carbocycles. The number of hydrogen-bond acceptors (Lipinski definition) is 7. The van der Waals surface area contributed by atoms with E-state index in [1.807, 2.05) is 19.1 Å². The average Bonchev–Trinajstić information content (AvgIpc) is 3.04. The number of benzene rings is 2. The van der Waals surface area contributed by atoms with Crippen molar-refractivity contribution >= 4 is 55.0 Å². The number of amides is 1. The largest absolute Gasteiger partial charge is 0.468 e. The number of carbonyl (C=O) groups is 2. The van der Waals surface area contributed by atoms with Crippen LogP contribution in [0.2, 0.25) is 0 Å². The van der Waals surface area contributed by atoms with E-state index in [1.54, 1.807) is 34.5 Å². The number of fused-ring (bicyclic) bond motifs is 1. The predicted octanol–water partition coefficient (Wildman–Crippen LogP) is 3.13. The van der Waals surface area contributed by atoms with Crippen molar-refractivity contribution in [3.8, 4) is 0 Å². The summed E-state index contributed by atoms with van der Waals surface area (Å²) in [5, 5.41) is 0. The number of rotatable bonds is 6. The Kier molecular flexibility index (Phi) is 6.79. The van der Waals surface area contributed by atoms with Crippen LogP contribution < -0.4 is 4.80 Å². The van der Waals surface area contributed by atoms with E-state index in [9.17, 15) is 18.0 Å². The molecule has 0 aliphatic rings. The van der Waals surface area contributed by atoms with Crippen molar-refractivity contribution in [2.75, 3.05) is 19.1 Å². The highest BCUT2D eigenvalue weighted by molar-refractivity contribution is 7.99. The van der Waals surface area contributed by atoms with E-state index in [0.29, 0.717) is 20.6 Å². The van der Waals surface area contributed by atoms with Crippen molar-refractivity contribution in [3.05, 3.63) is 52.8 Å². The van der Waals surface area contributed by atoms with E-state index in [0.717, 1.165) is 28.2 Å². The van der Waals surface area contributed by atoms with Crippen LogP contribution in [0.3, 0.4) is 0 Å². The van der Waals surface area contributed by atoms with Gasteiger partial charge in [0.05, 0.1) is 27.8 Å². The van der Waals surface area contributed by atoms with Crippen molar-refractivity contribution in [2.45, 2.75) is 23.3 Å². The summed E-state index contributed by atoms with van der Waals surface area (Å²) >= 11 is 2.69. The number of carbonyl (C=O) groups excluding carboxylic acids is 2. The second-order valence-electron chi connectivity index (χ2n) is 6.29. The summed E-state index contributed by atoms with van der Waals surface area (Å²) in [4.78, 5) is 30.4. The van der Waals surface area contributed by atoms with Crippen LogP contribution in [-0.2, 0) is 25.9 Å². The number of sulfone groups is 1. The summed E-state index contributed by atoms with van der Waals surface area (Å²) in [7, 11) is -2.12. The summed E-state index contributed by atoms with van der Waals surface area (Å²) < 4.78 is 30.7. The van der Waals surface area contributed by atoms with Gasteiger partial charge in [0.1, 0.15) is 6.54 Å². The van der Waals surface area contributed by atoms with Crippen molar-refractivity contribution in [3.63, 3.8) is 0 Å². The molecule has 0 spiro atoms. The highest BCUT2D eigenvalue weighted by atomic mass is 32.2. The van der Waals surface area contributed by atoms with E-state index < -0.39 is 21.7 Å². The summed E-state index contributed by atoms with van der Waals surface area (Å²) in [6.45, 7) is 1.85. The minimum Gasteiger partial charge on any atom is -0.468 e. The number of methoxy groups -OCH3 is 1. The molecule has 0 radical (unpaired) electrons. The van der Waals surface area contributed by atoms with Crippen LogP contribution >= 0.6 is 23.1 Å². The van der Waals surface area contributed by atoms with Gasteiger partial charge in [-0.15, -0.1) is 11.8 Å². The Bertz CT molecular complexity index is 1290. The molecule has 1 amide bonds. The lowest BCUT2D eigenvalue weighted by atomic mass is 10.2. The molecule has 0 aliphatic heterocycles. The number of aromatic nitrogens is 1. The molecular weight excluding hydrogens is 444 g/mol. The van der Waals surface area contributed by atoms with Crippen molar-refractivity contribution in [1.82, 2.24) is 4.57 Å². The minimum atomic E-state index is -3.40. The van der Waals surface area contributed by atoms with Crippen LogP contribution in [-0.4, -0.2) is 44.0 Å². The molecule has 0 fully saturated rings. The first-order valence-electron chi connectivity index (χ1n) is 8.95. The van der Waals surface area contributed by atoms with Crippen LogP contribution in [0.4, 0.5) is 0 Å². The average molecular weight is 465 g/mol. The first kappa shape index (κ1) is 22.3. The van der Waals surface area contributed by atoms with Gasteiger partial charge in [0, 0.05) is 11.2 Å². The van der Waals surface area contributed by atoms with Crippen LogP contribution in [0.5, 0.6) is 0 Å². The van der Waals surface area contributed by atoms with E-state index >= 15 is 0 Å². The molecule has 1 aromatic heterocycles. The maximum absolute atomic E-state index is 12.9. The highest BCUT2D eigenvalue weighted by Gasteiger charge is 2.16. The number of nitrogens with zero attached hydrogens (tertiary/aromatic N) is 2. The summed E-state index contributed by atoms with van der Waals surface area (Å²) in [5.41, 5.74) is 1.07. The summed E-state index contributed by atoms with van der Waals surface area (Å²) in [6.07, 6.45) is 1.13. The van der Waals surface area contributed by atoms with Gasteiger partial charge in [-0.2, -0.15) is 4.99 Å². The number of hydrogen-bond donors (Lipinski definition) is 0. The second-order valence-corrected chi connectivity index (χ2v) is 10.6. The monoisotopic (exact) mass is 464 g/mol. The maximum Gasteiger partial charge on any atom is 0.325 e. The number of thioether (sulfide) groups is 1. The molecule has 0 atom stereocenters. The summed E-state index contributed by atoms with van der Waals surface area (Å²) in [5.74, 6) is -0.123. The van der Waals surface area contributed by atoms with E-state index in [4.69, 9.17) is 4.74 Å². The van der Waals surface area contributed by atoms with Gasteiger partial charge in [-0.1, -0.05) is 30.4 Å². The van der Waals surface area contributed by atoms with Crippen LogP contribution in [0, 0.1) is 0 Å². The Morgan fingerprint density at radius 2 is 1.93 bits per heavy atom. The third-order valence-electron chi connectivity index (χ3n) is 4.21. The molecule has 30 heavy (non-hydrogen) atoms. The zero-order valence-electron chi connectivity index (χ0n) is 16.6. The predicted molar refractivity (Wildman–Crippen MR) is 118 cm³/mol. The minimum absolute atomic E-state index is 0.147. The molecule has 3 aromatic rings. The highest BCUT2D eigenvalue weighted by Crippen LogP contribution is 2.24. The van der Waals surface area contributed by atoms with E-state index in [-0.39, 0.29) is 11.4 Å². The Balaban J connectivity index is 2.19. The fourth-order valence-corrected chi connectivity index (χ4v) is 5.37. The molecule has 0 bridgehead atoms. The second kappa shape index (κ2) is 9.15. The van der Waals surface area contributed by atoms with Gasteiger partial charge in [0.2, 0.25) is 0 Å². The van der Waals surface area contributed by atoms with Gasteiger partial charge in [-0.05, 0) is 36.1 Å². The third kappa shape index (κ3) is 4.82. The van der Waals surface area contributed by atoms with Gasteiger partial charge in [0.25, 0.3) is 5.91 Å². The molecule has 0 N–H and O–H groups in total. The van der Waals surface area contributed by atoms with Gasteiger partial charge < -0.3 is 9.30 Å². The molecule has 7 nitrogen and oxygen atoms in total. The van der Waals surface area contributed by atoms with Gasteiger partial charge in [-0.25, -0.2) is 8.42 Å². The van der Waals surface area contributed by atoms with Crippen molar-refractivity contribution in [2.24, 2.45) is 4.99 Å². The Morgan fingerprint density at radius 1 is 1.20 bits per heavy atom. The summed E-state index contributed by atoms with van der Waals surface area (Å²) in [6, 6.07) is 11.8. The fourth-order valence-electron chi connectivity index (χ4n) is 2.79. The van der Waals surface area contributed by atoms with Gasteiger partial charge >= 0.3 is 5.97 Å². The molecule has 0 saturated carbocycles. The Hall–Kier alpha value is -2.43. The first-order chi connectivity index (χ1) is 14.2. The van der Waals surface area contributed by atoms with Crippen molar-refractivity contribution in [1.29, 1.82) is 0 Å². The number of esters is 1. The van der Waals surface area contributed by atoms with E-state index in [1.165, 1.54) is 19.2 Å². The third-order valence-corrected chi connectivity index (χ3v) is 7.32. The van der Waals surface area contributed by atoms with Crippen molar-refractivity contribution < 1.29 is 22.7 Å². The fraction of sp³-hybridized carbons (Fsp3) is 0.250. The molecule has 158 valence electrons. The first-order valence-corrected chi connectivity index (χ1v) is 12.6. The molecule has 0 unspecified atom stereocenters. The Morgan fingerprint density at radius 3 is 2.60 bits per heavy atom. The SMILES string of the molecule is CCSc1ccccc1C(=O)N=c1sc2cc(S(C)(=O)=O)ccc2n1CC(=O)OC. The topological polar surface area (TPSA) is 94.8 Å². The normalized spacial score (nSPS) is 12.3. The molecule has 2 aromatic carbocycles. The van der Waals surface area contributed by atoms with Gasteiger partial charge in [0.15, 0.2) is 14.6 Å². The number of ether oxygens (including phenoxy) is 1.